The Hall–Kier alpha value is -1.71. The molecule has 4 nitrogen and oxygen atoms in total. The van der Waals surface area contributed by atoms with Gasteiger partial charge in [-0.05, 0) is 57.2 Å². The number of aryl methyl sites for hydroxylation is 1. The van der Waals surface area contributed by atoms with Gasteiger partial charge in [0.15, 0.2) is 0 Å². The maximum Gasteiger partial charge on any atom is 0.410 e. The normalized spacial score (nSPS) is 15.8. The van der Waals surface area contributed by atoms with Crippen LogP contribution in [0, 0.1) is 5.92 Å². The number of nitrogen functional groups attached to an aromatic ring is 1. The van der Waals surface area contributed by atoms with Crippen LogP contribution in [0.15, 0.2) is 24.3 Å². The van der Waals surface area contributed by atoms with Crippen molar-refractivity contribution >= 4 is 11.8 Å². The van der Waals surface area contributed by atoms with E-state index in [1.807, 2.05) is 32.9 Å². The van der Waals surface area contributed by atoms with Crippen molar-refractivity contribution in [3.63, 3.8) is 0 Å². The first kappa shape index (κ1) is 14.7. The smallest absolute Gasteiger partial charge is 0.410 e. The highest BCUT2D eigenvalue weighted by Crippen LogP contribution is 2.23. The summed E-state index contributed by atoms with van der Waals surface area (Å²) in [6.45, 7) is 7.30. The van der Waals surface area contributed by atoms with Gasteiger partial charge in [0.1, 0.15) is 5.60 Å². The molecule has 0 spiro atoms. The third kappa shape index (κ3) is 4.15. The first-order chi connectivity index (χ1) is 9.33. The molecule has 0 radical (unpaired) electrons. The van der Waals surface area contributed by atoms with Crippen LogP contribution in [0.25, 0.3) is 0 Å². The van der Waals surface area contributed by atoms with E-state index in [1.165, 1.54) is 5.56 Å². The maximum atomic E-state index is 11.8. The van der Waals surface area contributed by atoms with Crippen LogP contribution < -0.4 is 5.73 Å². The molecule has 1 amide bonds. The average molecular weight is 276 g/mol. The lowest BCUT2D eigenvalue weighted by atomic mass is 9.93. The molecule has 0 unspecified atom stereocenters. The predicted octanol–water partition coefficient (Wildman–Crippen LogP) is 3.07. The fraction of sp³-hybridized carbons (Fsp3) is 0.562. The molecule has 1 saturated heterocycles. The summed E-state index contributed by atoms with van der Waals surface area (Å²) in [6, 6.07) is 8.01. The van der Waals surface area contributed by atoms with E-state index in [4.69, 9.17) is 10.5 Å². The second-order valence-corrected chi connectivity index (χ2v) is 6.53. The second-order valence-electron chi connectivity index (χ2n) is 6.53. The first-order valence-electron chi connectivity index (χ1n) is 7.16. The van der Waals surface area contributed by atoms with Crippen LogP contribution in [-0.4, -0.2) is 29.7 Å². The van der Waals surface area contributed by atoms with E-state index in [-0.39, 0.29) is 6.09 Å². The molecule has 0 bridgehead atoms. The molecule has 0 aromatic heterocycles. The number of amides is 1. The van der Waals surface area contributed by atoms with Crippen molar-refractivity contribution < 1.29 is 9.53 Å². The molecule has 1 fully saturated rings. The number of nitrogens with zero attached hydrogens (tertiary/aromatic N) is 1. The van der Waals surface area contributed by atoms with Gasteiger partial charge < -0.3 is 15.4 Å². The average Bonchev–Trinajstić information content (AvgIpc) is 2.27. The summed E-state index contributed by atoms with van der Waals surface area (Å²) in [5, 5.41) is 0. The third-order valence-corrected chi connectivity index (χ3v) is 3.43. The molecule has 0 aliphatic carbocycles. The summed E-state index contributed by atoms with van der Waals surface area (Å²) in [5.74, 6) is 0.583. The van der Waals surface area contributed by atoms with E-state index in [9.17, 15) is 4.79 Å². The molecule has 2 rings (SSSR count). The van der Waals surface area contributed by atoms with Crippen LogP contribution >= 0.6 is 0 Å². The summed E-state index contributed by atoms with van der Waals surface area (Å²) in [4.78, 5) is 13.6. The van der Waals surface area contributed by atoms with Gasteiger partial charge in [-0.1, -0.05) is 12.1 Å². The highest BCUT2D eigenvalue weighted by Gasteiger charge is 2.33. The number of carbonyl (C=O) groups is 1. The Morgan fingerprint density at radius 3 is 2.45 bits per heavy atom. The molecule has 110 valence electrons. The number of nitrogens with two attached hydrogens (primary N) is 1. The van der Waals surface area contributed by atoms with E-state index in [0.29, 0.717) is 5.92 Å². The number of benzene rings is 1. The summed E-state index contributed by atoms with van der Waals surface area (Å²) in [7, 11) is 0. The zero-order valence-corrected chi connectivity index (χ0v) is 12.6. The SMILES string of the molecule is CC(C)(C)OC(=O)N1CC(CCc2ccc(N)cc2)C1. The molecule has 1 aromatic rings. The lowest BCUT2D eigenvalue weighted by molar-refractivity contribution is -0.00202. The van der Waals surface area contributed by atoms with E-state index < -0.39 is 5.60 Å². The van der Waals surface area contributed by atoms with E-state index in [1.54, 1.807) is 4.90 Å². The van der Waals surface area contributed by atoms with Crippen molar-refractivity contribution in [2.45, 2.75) is 39.2 Å². The Morgan fingerprint density at radius 1 is 1.30 bits per heavy atom. The Labute approximate surface area is 120 Å². The van der Waals surface area contributed by atoms with Crippen molar-refractivity contribution in [3.8, 4) is 0 Å². The van der Waals surface area contributed by atoms with Gasteiger partial charge in [0.05, 0.1) is 0 Å². The van der Waals surface area contributed by atoms with Gasteiger partial charge in [-0.3, -0.25) is 0 Å². The van der Waals surface area contributed by atoms with E-state index >= 15 is 0 Å². The molecule has 1 aromatic carbocycles. The van der Waals surface area contributed by atoms with Crippen molar-refractivity contribution in [3.05, 3.63) is 29.8 Å². The molecule has 1 heterocycles. The number of likely N-dealkylation sites (tertiary alicyclic amines) is 1. The second kappa shape index (κ2) is 5.73. The molecule has 0 atom stereocenters. The minimum Gasteiger partial charge on any atom is -0.444 e. The van der Waals surface area contributed by atoms with Crippen LogP contribution in [0.1, 0.15) is 32.8 Å². The van der Waals surface area contributed by atoms with E-state index in [2.05, 4.69) is 12.1 Å². The largest absolute Gasteiger partial charge is 0.444 e. The van der Waals surface area contributed by atoms with Gasteiger partial charge in [-0.25, -0.2) is 4.79 Å². The van der Waals surface area contributed by atoms with Crippen LogP contribution in [0.4, 0.5) is 10.5 Å². The van der Waals surface area contributed by atoms with Gasteiger partial charge in [-0.2, -0.15) is 0 Å². The Balaban J connectivity index is 1.69. The topological polar surface area (TPSA) is 55.6 Å². The van der Waals surface area contributed by atoms with Gasteiger partial charge in [0.25, 0.3) is 0 Å². The van der Waals surface area contributed by atoms with Crippen LogP contribution in [0.3, 0.4) is 0 Å². The molecule has 2 N–H and O–H groups in total. The van der Waals surface area contributed by atoms with Crippen LogP contribution in [0.5, 0.6) is 0 Å². The lowest BCUT2D eigenvalue weighted by Crippen LogP contribution is -2.51. The molecular weight excluding hydrogens is 252 g/mol. The van der Waals surface area contributed by atoms with Crippen molar-refractivity contribution in [1.82, 2.24) is 4.90 Å². The summed E-state index contributed by atoms with van der Waals surface area (Å²) in [6.07, 6.45) is 1.94. The van der Waals surface area contributed by atoms with Crippen molar-refractivity contribution in [1.29, 1.82) is 0 Å². The van der Waals surface area contributed by atoms with Crippen molar-refractivity contribution in [2.24, 2.45) is 5.92 Å². The minimum absolute atomic E-state index is 0.193. The summed E-state index contributed by atoms with van der Waals surface area (Å²) >= 11 is 0. The molecule has 4 heteroatoms. The van der Waals surface area contributed by atoms with Gasteiger partial charge >= 0.3 is 6.09 Å². The summed E-state index contributed by atoms with van der Waals surface area (Å²) < 4.78 is 5.34. The zero-order valence-electron chi connectivity index (χ0n) is 12.6. The number of carbonyl (C=O) groups excluding carboxylic acids is 1. The van der Waals surface area contributed by atoms with Gasteiger partial charge in [0, 0.05) is 18.8 Å². The predicted molar refractivity (Wildman–Crippen MR) is 80.5 cm³/mol. The molecule has 1 aliphatic heterocycles. The fourth-order valence-electron chi connectivity index (χ4n) is 2.28. The highest BCUT2D eigenvalue weighted by atomic mass is 16.6. The molecular formula is C16H24N2O2. The standard InChI is InChI=1S/C16H24N2O2/c1-16(2,3)20-15(19)18-10-13(11-18)5-4-12-6-8-14(17)9-7-12/h6-9,13H,4-5,10-11,17H2,1-3H3. The zero-order chi connectivity index (χ0) is 14.8. The first-order valence-corrected chi connectivity index (χ1v) is 7.16. The number of hydrogen-bond acceptors (Lipinski definition) is 3. The van der Waals surface area contributed by atoms with Gasteiger partial charge in [-0.15, -0.1) is 0 Å². The quantitative estimate of drug-likeness (QED) is 0.863. The lowest BCUT2D eigenvalue weighted by Gasteiger charge is -2.39. The number of ether oxygens (including phenoxy) is 1. The Kier molecular flexibility index (Phi) is 4.21. The van der Waals surface area contributed by atoms with Gasteiger partial charge in [0.2, 0.25) is 0 Å². The minimum atomic E-state index is -0.411. The fourth-order valence-corrected chi connectivity index (χ4v) is 2.28. The molecule has 1 aliphatic rings. The highest BCUT2D eigenvalue weighted by molar-refractivity contribution is 5.69. The Bertz CT molecular complexity index is 456. The third-order valence-electron chi connectivity index (χ3n) is 3.43. The maximum absolute atomic E-state index is 11.8. The number of anilines is 1. The molecule has 0 saturated carbocycles. The Morgan fingerprint density at radius 2 is 1.90 bits per heavy atom. The summed E-state index contributed by atoms with van der Waals surface area (Å²) in [5.41, 5.74) is 7.35. The van der Waals surface area contributed by atoms with Crippen LogP contribution in [-0.2, 0) is 11.2 Å². The number of rotatable bonds is 3. The van der Waals surface area contributed by atoms with Crippen molar-refractivity contribution in [2.75, 3.05) is 18.8 Å². The monoisotopic (exact) mass is 276 g/mol. The molecule has 20 heavy (non-hydrogen) atoms. The van der Waals surface area contributed by atoms with E-state index in [0.717, 1.165) is 31.6 Å². The number of hydrogen-bond donors (Lipinski definition) is 1. The van der Waals surface area contributed by atoms with Crippen LogP contribution in [0.2, 0.25) is 0 Å².